The van der Waals surface area contributed by atoms with E-state index < -0.39 is 10.0 Å². The summed E-state index contributed by atoms with van der Waals surface area (Å²) in [5.74, 6) is 0.883. The van der Waals surface area contributed by atoms with Crippen LogP contribution in [0.1, 0.15) is 0 Å². The third-order valence-corrected chi connectivity index (χ3v) is 4.95. The predicted molar refractivity (Wildman–Crippen MR) is 82.0 cm³/mol. The van der Waals surface area contributed by atoms with E-state index in [9.17, 15) is 8.42 Å². The zero-order valence-corrected chi connectivity index (χ0v) is 13.7. The molecule has 1 saturated heterocycles. The Morgan fingerprint density at radius 2 is 1.86 bits per heavy atom. The second-order valence-electron chi connectivity index (χ2n) is 4.87. The minimum Gasteiger partial charge on any atom is -0.493 e. The second-order valence-corrected chi connectivity index (χ2v) is 6.64. The predicted octanol–water partition coefficient (Wildman–Crippen LogP) is 0.314. The van der Waals surface area contributed by atoms with Crippen molar-refractivity contribution >= 4 is 10.0 Å². The molecule has 124 valence electrons. The lowest BCUT2D eigenvalue weighted by Gasteiger charge is -2.26. The third-order valence-electron chi connectivity index (χ3n) is 3.49. The number of morpholine rings is 1. The summed E-state index contributed by atoms with van der Waals surface area (Å²) in [4.78, 5) is 2.33. The molecular weight excluding hydrogens is 308 g/mol. The number of hydrogen-bond donors (Lipinski definition) is 1. The molecule has 1 N–H and O–H groups in total. The molecule has 1 heterocycles. The maximum Gasteiger partial charge on any atom is 0.240 e. The van der Waals surface area contributed by atoms with E-state index in [4.69, 9.17) is 14.2 Å². The fourth-order valence-corrected chi connectivity index (χ4v) is 3.27. The van der Waals surface area contributed by atoms with E-state index in [0.717, 1.165) is 13.1 Å². The highest BCUT2D eigenvalue weighted by atomic mass is 32.2. The maximum absolute atomic E-state index is 12.3. The minimum absolute atomic E-state index is 0.159. The van der Waals surface area contributed by atoms with Crippen LogP contribution < -0.4 is 14.2 Å². The topological polar surface area (TPSA) is 77.1 Å². The van der Waals surface area contributed by atoms with E-state index in [1.54, 1.807) is 6.07 Å². The lowest BCUT2D eigenvalue weighted by atomic mass is 10.3. The Morgan fingerprint density at radius 3 is 2.50 bits per heavy atom. The number of sulfonamides is 1. The molecule has 0 bridgehead atoms. The summed E-state index contributed by atoms with van der Waals surface area (Å²) in [5.41, 5.74) is 0. The Balaban J connectivity index is 1.97. The zero-order chi connectivity index (χ0) is 16.0. The molecule has 0 unspecified atom stereocenters. The van der Waals surface area contributed by atoms with Crippen LogP contribution in [0.25, 0.3) is 0 Å². The molecule has 1 aromatic rings. The van der Waals surface area contributed by atoms with Gasteiger partial charge in [0.15, 0.2) is 11.5 Å². The van der Waals surface area contributed by atoms with Gasteiger partial charge < -0.3 is 14.2 Å². The fraction of sp³-hybridized carbons (Fsp3) is 0.571. The molecule has 0 radical (unpaired) electrons. The number of nitrogens with one attached hydrogen (secondary N) is 1. The number of hydrogen-bond acceptors (Lipinski definition) is 6. The number of nitrogens with zero attached hydrogens (tertiary/aromatic N) is 1. The standard InChI is InChI=1S/C14H22N2O5S/c1-19-13-4-3-12(11-14(13)20-2)22(17,18)15-5-6-16-7-9-21-10-8-16/h3-4,11,15H,5-10H2,1-2H3. The molecule has 1 aromatic carbocycles. The van der Waals surface area contributed by atoms with Crippen molar-refractivity contribution in [2.75, 3.05) is 53.6 Å². The first-order chi connectivity index (χ1) is 10.6. The van der Waals surface area contributed by atoms with Gasteiger partial charge in [0.25, 0.3) is 0 Å². The van der Waals surface area contributed by atoms with Crippen molar-refractivity contribution in [1.29, 1.82) is 0 Å². The summed E-state index contributed by atoms with van der Waals surface area (Å²) in [7, 11) is -0.583. The highest BCUT2D eigenvalue weighted by molar-refractivity contribution is 7.89. The van der Waals surface area contributed by atoms with Gasteiger partial charge in [-0.05, 0) is 12.1 Å². The smallest absolute Gasteiger partial charge is 0.240 e. The Bertz CT molecular complexity index is 585. The first-order valence-electron chi connectivity index (χ1n) is 7.08. The normalized spacial score (nSPS) is 16.5. The van der Waals surface area contributed by atoms with Crippen LogP contribution in [0, 0.1) is 0 Å². The summed E-state index contributed by atoms with van der Waals surface area (Å²) < 4.78 is 42.7. The van der Waals surface area contributed by atoms with E-state index in [2.05, 4.69) is 9.62 Å². The molecule has 1 aliphatic heterocycles. The molecule has 0 atom stereocenters. The van der Waals surface area contributed by atoms with Crippen LogP contribution in [0.15, 0.2) is 23.1 Å². The summed E-state index contributed by atoms with van der Waals surface area (Å²) in [6, 6.07) is 4.53. The first kappa shape index (κ1) is 17.0. The highest BCUT2D eigenvalue weighted by Gasteiger charge is 2.17. The molecule has 2 rings (SSSR count). The number of rotatable bonds is 7. The van der Waals surface area contributed by atoms with Crippen molar-refractivity contribution in [2.45, 2.75) is 4.90 Å². The van der Waals surface area contributed by atoms with Gasteiger partial charge in [-0.25, -0.2) is 13.1 Å². The molecule has 0 amide bonds. The fourth-order valence-electron chi connectivity index (χ4n) is 2.23. The average molecular weight is 330 g/mol. The summed E-state index contributed by atoms with van der Waals surface area (Å²) in [5, 5.41) is 0. The molecule has 22 heavy (non-hydrogen) atoms. The maximum atomic E-state index is 12.3. The van der Waals surface area contributed by atoms with Crippen molar-refractivity contribution in [3.8, 4) is 11.5 Å². The van der Waals surface area contributed by atoms with Gasteiger partial charge in [-0.1, -0.05) is 0 Å². The molecule has 0 aromatic heterocycles. The van der Waals surface area contributed by atoms with E-state index in [1.807, 2.05) is 0 Å². The van der Waals surface area contributed by atoms with Crippen LogP contribution in [0.5, 0.6) is 11.5 Å². The minimum atomic E-state index is -3.56. The molecule has 1 aliphatic rings. The van der Waals surface area contributed by atoms with Crippen LogP contribution in [0.2, 0.25) is 0 Å². The van der Waals surface area contributed by atoms with Crippen LogP contribution in [0.3, 0.4) is 0 Å². The quantitative estimate of drug-likeness (QED) is 0.776. The SMILES string of the molecule is COc1ccc(S(=O)(=O)NCCN2CCOCC2)cc1OC. The Kier molecular flexibility index (Phi) is 6.01. The van der Waals surface area contributed by atoms with Crippen LogP contribution in [0.4, 0.5) is 0 Å². The second kappa shape index (κ2) is 7.77. The van der Waals surface area contributed by atoms with Crippen molar-refractivity contribution < 1.29 is 22.6 Å². The summed E-state index contributed by atoms with van der Waals surface area (Å²) in [6.07, 6.45) is 0. The number of ether oxygens (including phenoxy) is 3. The monoisotopic (exact) mass is 330 g/mol. The molecule has 7 nitrogen and oxygen atoms in total. The average Bonchev–Trinajstić information content (AvgIpc) is 2.55. The van der Waals surface area contributed by atoms with Crippen molar-refractivity contribution in [3.63, 3.8) is 0 Å². The van der Waals surface area contributed by atoms with E-state index in [-0.39, 0.29) is 4.90 Å². The molecule has 8 heteroatoms. The Hall–Kier alpha value is -1.35. The first-order valence-corrected chi connectivity index (χ1v) is 8.57. The van der Waals surface area contributed by atoms with Crippen molar-refractivity contribution in [3.05, 3.63) is 18.2 Å². The Morgan fingerprint density at radius 1 is 1.18 bits per heavy atom. The van der Waals surface area contributed by atoms with Gasteiger partial charge in [-0.2, -0.15) is 0 Å². The van der Waals surface area contributed by atoms with Crippen molar-refractivity contribution in [1.82, 2.24) is 9.62 Å². The van der Waals surface area contributed by atoms with Crippen LogP contribution >= 0.6 is 0 Å². The van der Waals surface area contributed by atoms with E-state index >= 15 is 0 Å². The molecule has 0 aliphatic carbocycles. The molecule has 0 saturated carbocycles. The van der Waals surface area contributed by atoms with Crippen LogP contribution in [-0.4, -0.2) is 66.9 Å². The zero-order valence-electron chi connectivity index (χ0n) is 12.9. The van der Waals surface area contributed by atoms with Crippen LogP contribution in [-0.2, 0) is 14.8 Å². The van der Waals surface area contributed by atoms with Gasteiger partial charge in [0.2, 0.25) is 10.0 Å². The summed E-state index contributed by atoms with van der Waals surface area (Å²) in [6.45, 7) is 4.08. The highest BCUT2D eigenvalue weighted by Crippen LogP contribution is 2.29. The number of methoxy groups -OCH3 is 2. The van der Waals surface area contributed by atoms with Gasteiger partial charge in [0.1, 0.15) is 0 Å². The van der Waals surface area contributed by atoms with Gasteiger partial charge in [0, 0.05) is 32.2 Å². The number of benzene rings is 1. The lowest BCUT2D eigenvalue weighted by molar-refractivity contribution is 0.0390. The molecular formula is C14H22N2O5S. The van der Waals surface area contributed by atoms with Gasteiger partial charge in [-0.15, -0.1) is 0 Å². The van der Waals surface area contributed by atoms with E-state index in [1.165, 1.54) is 26.4 Å². The van der Waals surface area contributed by atoms with Crippen molar-refractivity contribution in [2.24, 2.45) is 0 Å². The third kappa shape index (κ3) is 4.33. The van der Waals surface area contributed by atoms with Gasteiger partial charge in [0.05, 0.1) is 32.3 Å². The molecule has 1 fully saturated rings. The lowest BCUT2D eigenvalue weighted by Crippen LogP contribution is -2.41. The molecule has 0 spiro atoms. The summed E-state index contributed by atoms with van der Waals surface area (Å²) >= 11 is 0. The largest absolute Gasteiger partial charge is 0.493 e. The van der Waals surface area contributed by atoms with E-state index in [0.29, 0.717) is 37.8 Å². The Labute approximate surface area is 131 Å². The van der Waals surface area contributed by atoms with Gasteiger partial charge in [-0.3, -0.25) is 4.90 Å². The van der Waals surface area contributed by atoms with Gasteiger partial charge >= 0.3 is 0 Å².